The minimum Gasteiger partial charge on any atom is -0.481 e. The van der Waals surface area contributed by atoms with Gasteiger partial charge < -0.3 is 9.94 Å². The molecule has 5 heteroatoms. The average Bonchev–Trinajstić information content (AvgIpc) is 2.18. The molecule has 1 aromatic rings. The zero-order valence-electron chi connectivity index (χ0n) is 8.24. The molecule has 0 spiro atoms. The van der Waals surface area contributed by atoms with Crippen molar-refractivity contribution in [3.63, 3.8) is 0 Å². The highest BCUT2D eigenvalue weighted by molar-refractivity contribution is 9.10. The van der Waals surface area contributed by atoms with Crippen molar-refractivity contribution in [2.75, 3.05) is 6.61 Å². The lowest BCUT2D eigenvalue weighted by Gasteiger charge is -2.23. The second kappa shape index (κ2) is 4.74. The highest BCUT2D eigenvalue weighted by Gasteiger charge is 2.35. The van der Waals surface area contributed by atoms with Gasteiger partial charge in [0, 0.05) is 4.47 Å². The molecule has 0 bridgehead atoms. The van der Waals surface area contributed by atoms with E-state index in [1.807, 2.05) is 0 Å². The molecule has 1 atom stereocenters. The van der Waals surface area contributed by atoms with Crippen LogP contribution in [0.15, 0.2) is 28.7 Å². The van der Waals surface area contributed by atoms with Crippen LogP contribution in [0.25, 0.3) is 0 Å². The Kier molecular flexibility index (Phi) is 3.84. The first-order chi connectivity index (χ1) is 7.00. The van der Waals surface area contributed by atoms with E-state index >= 15 is 0 Å². The SMILES string of the molecule is CC(CON)(C(=O)O)c1ccc(Br)cc1. The first kappa shape index (κ1) is 12.2. The topological polar surface area (TPSA) is 72.5 Å². The predicted octanol–water partition coefficient (Wildman–Crippen LogP) is 1.68. The molecule has 0 fully saturated rings. The Morgan fingerprint density at radius 3 is 2.47 bits per heavy atom. The van der Waals surface area contributed by atoms with Crippen molar-refractivity contribution in [1.82, 2.24) is 0 Å². The average molecular weight is 274 g/mol. The predicted molar refractivity (Wildman–Crippen MR) is 59.3 cm³/mol. The smallest absolute Gasteiger partial charge is 0.316 e. The van der Waals surface area contributed by atoms with Crippen LogP contribution < -0.4 is 5.90 Å². The number of hydrogen-bond acceptors (Lipinski definition) is 3. The molecule has 0 heterocycles. The molecule has 15 heavy (non-hydrogen) atoms. The van der Waals surface area contributed by atoms with Crippen molar-refractivity contribution in [1.29, 1.82) is 0 Å². The van der Waals surface area contributed by atoms with E-state index in [9.17, 15) is 4.79 Å². The normalized spacial score (nSPS) is 14.6. The monoisotopic (exact) mass is 273 g/mol. The second-order valence-electron chi connectivity index (χ2n) is 3.46. The fraction of sp³-hybridized carbons (Fsp3) is 0.300. The van der Waals surface area contributed by atoms with Crippen molar-refractivity contribution in [3.8, 4) is 0 Å². The number of carbonyl (C=O) groups is 1. The van der Waals surface area contributed by atoms with Crippen LogP contribution in [0.2, 0.25) is 0 Å². The van der Waals surface area contributed by atoms with Gasteiger partial charge in [0.15, 0.2) is 0 Å². The fourth-order valence-electron chi connectivity index (χ4n) is 1.25. The molecule has 1 aromatic carbocycles. The van der Waals surface area contributed by atoms with Gasteiger partial charge >= 0.3 is 5.97 Å². The molecule has 0 radical (unpaired) electrons. The molecule has 0 amide bonds. The maximum Gasteiger partial charge on any atom is 0.316 e. The Morgan fingerprint density at radius 1 is 1.53 bits per heavy atom. The quantitative estimate of drug-likeness (QED) is 0.819. The van der Waals surface area contributed by atoms with Crippen LogP contribution in [0.4, 0.5) is 0 Å². The van der Waals surface area contributed by atoms with E-state index in [-0.39, 0.29) is 6.61 Å². The summed E-state index contributed by atoms with van der Waals surface area (Å²) in [5.74, 6) is 3.98. The second-order valence-corrected chi connectivity index (χ2v) is 4.37. The van der Waals surface area contributed by atoms with Crippen molar-refractivity contribution >= 4 is 21.9 Å². The van der Waals surface area contributed by atoms with Crippen LogP contribution in [0.5, 0.6) is 0 Å². The summed E-state index contributed by atoms with van der Waals surface area (Å²) in [5.41, 5.74) is -0.459. The molecule has 0 saturated carbocycles. The van der Waals surface area contributed by atoms with Gasteiger partial charge in [0.05, 0.1) is 6.61 Å². The maximum atomic E-state index is 11.1. The molecule has 4 nitrogen and oxygen atoms in total. The zero-order valence-corrected chi connectivity index (χ0v) is 9.82. The summed E-state index contributed by atoms with van der Waals surface area (Å²) in [6.45, 7) is 1.51. The number of nitrogens with two attached hydrogens (primary N) is 1. The van der Waals surface area contributed by atoms with E-state index < -0.39 is 11.4 Å². The van der Waals surface area contributed by atoms with E-state index in [1.165, 1.54) is 0 Å². The summed E-state index contributed by atoms with van der Waals surface area (Å²) in [6.07, 6.45) is 0. The summed E-state index contributed by atoms with van der Waals surface area (Å²) in [7, 11) is 0. The van der Waals surface area contributed by atoms with Gasteiger partial charge in [-0.25, -0.2) is 5.90 Å². The third kappa shape index (κ3) is 2.56. The standard InChI is InChI=1S/C10H12BrNO3/c1-10(6-15-12,9(13)14)7-2-4-8(11)5-3-7/h2-5H,6,12H2,1H3,(H,13,14). The lowest BCUT2D eigenvalue weighted by molar-refractivity contribution is -0.145. The van der Waals surface area contributed by atoms with Gasteiger partial charge in [-0.15, -0.1) is 0 Å². The number of halogens is 1. The summed E-state index contributed by atoms with van der Waals surface area (Å²) >= 11 is 3.28. The van der Waals surface area contributed by atoms with Crippen LogP contribution in [-0.4, -0.2) is 17.7 Å². The minimum atomic E-state index is -1.12. The number of carboxylic acid groups (broad SMARTS) is 1. The van der Waals surface area contributed by atoms with Crippen molar-refractivity contribution in [3.05, 3.63) is 34.3 Å². The lowest BCUT2D eigenvalue weighted by atomic mass is 9.83. The van der Waals surface area contributed by atoms with E-state index in [4.69, 9.17) is 11.0 Å². The number of hydrogen-bond donors (Lipinski definition) is 2. The molecule has 0 aliphatic carbocycles. The van der Waals surface area contributed by atoms with Gasteiger partial charge in [0.25, 0.3) is 0 Å². The molecular formula is C10H12BrNO3. The molecule has 3 N–H and O–H groups in total. The van der Waals surface area contributed by atoms with Gasteiger partial charge in [0.2, 0.25) is 0 Å². The molecule has 1 unspecified atom stereocenters. The molecule has 0 aliphatic rings. The van der Waals surface area contributed by atoms with Crippen molar-refractivity contribution < 1.29 is 14.7 Å². The molecule has 0 aromatic heterocycles. The minimum absolute atomic E-state index is 0.0655. The van der Waals surface area contributed by atoms with Gasteiger partial charge in [-0.3, -0.25) is 4.79 Å². The van der Waals surface area contributed by atoms with E-state index in [1.54, 1.807) is 31.2 Å². The first-order valence-corrected chi connectivity index (χ1v) is 5.11. The van der Waals surface area contributed by atoms with Crippen LogP contribution >= 0.6 is 15.9 Å². The summed E-state index contributed by atoms with van der Waals surface area (Å²) in [6, 6.07) is 7.04. The maximum absolute atomic E-state index is 11.1. The van der Waals surface area contributed by atoms with Crippen LogP contribution in [0.1, 0.15) is 12.5 Å². The number of carboxylic acids is 1. The van der Waals surface area contributed by atoms with Gasteiger partial charge in [-0.05, 0) is 24.6 Å². The van der Waals surface area contributed by atoms with E-state index in [2.05, 4.69) is 20.8 Å². The zero-order chi connectivity index (χ0) is 11.5. The molecular weight excluding hydrogens is 262 g/mol. The highest BCUT2D eigenvalue weighted by atomic mass is 79.9. The number of rotatable bonds is 4. The number of benzene rings is 1. The molecule has 0 aliphatic heterocycles. The van der Waals surface area contributed by atoms with Crippen LogP contribution in [-0.2, 0) is 15.0 Å². The van der Waals surface area contributed by atoms with Crippen LogP contribution in [0.3, 0.4) is 0 Å². The fourth-order valence-corrected chi connectivity index (χ4v) is 1.52. The third-order valence-electron chi connectivity index (χ3n) is 2.33. The van der Waals surface area contributed by atoms with Crippen molar-refractivity contribution in [2.45, 2.75) is 12.3 Å². The first-order valence-electron chi connectivity index (χ1n) is 4.32. The van der Waals surface area contributed by atoms with Gasteiger partial charge in [0.1, 0.15) is 5.41 Å². The van der Waals surface area contributed by atoms with E-state index in [0.717, 1.165) is 4.47 Å². The van der Waals surface area contributed by atoms with Crippen molar-refractivity contribution in [2.24, 2.45) is 5.90 Å². The molecule has 82 valence electrons. The summed E-state index contributed by atoms with van der Waals surface area (Å²) < 4.78 is 0.896. The molecule has 1 rings (SSSR count). The Bertz CT molecular complexity index is 352. The van der Waals surface area contributed by atoms with E-state index in [0.29, 0.717) is 5.56 Å². The van der Waals surface area contributed by atoms with Crippen LogP contribution in [0, 0.1) is 0 Å². The number of aliphatic carboxylic acids is 1. The molecule has 0 saturated heterocycles. The summed E-state index contributed by atoms with van der Waals surface area (Å²) in [5, 5.41) is 9.14. The Morgan fingerprint density at radius 2 is 2.07 bits per heavy atom. The Labute approximate surface area is 96.1 Å². The largest absolute Gasteiger partial charge is 0.481 e. The Balaban J connectivity index is 3.09. The Hall–Kier alpha value is -0.910. The van der Waals surface area contributed by atoms with Gasteiger partial charge in [-0.2, -0.15) is 0 Å². The van der Waals surface area contributed by atoms with Gasteiger partial charge in [-0.1, -0.05) is 28.1 Å². The lowest BCUT2D eigenvalue weighted by Crippen LogP contribution is -2.38. The summed E-state index contributed by atoms with van der Waals surface area (Å²) in [4.78, 5) is 15.6. The third-order valence-corrected chi connectivity index (χ3v) is 2.85. The highest BCUT2D eigenvalue weighted by Crippen LogP contribution is 2.25.